The highest BCUT2D eigenvalue weighted by atomic mass is 79.9. The van der Waals surface area contributed by atoms with Crippen LogP contribution in [0.4, 0.5) is 0 Å². The molecule has 100 valence electrons. The summed E-state index contributed by atoms with van der Waals surface area (Å²) in [6.45, 7) is 4.15. The number of carbonyl (C=O) groups is 1. The lowest BCUT2D eigenvalue weighted by Gasteiger charge is -2.18. The van der Waals surface area contributed by atoms with Crippen LogP contribution in [-0.2, 0) is 10.0 Å². The highest BCUT2D eigenvalue weighted by Gasteiger charge is 2.23. The fraction of sp³-hybridized carbons (Fsp3) is 0.364. The minimum Gasteiger partial charge on any atom is -0.478 e. The molecule has 1 N–H and O–H groups in total. The molecule has 1 rings (SSSR count). The minimum atomic E-state index is -3.64. The van der Waals surface area contributed by atoms with Gasteiger partial charge in [-0.3, -0.25) is 0 Å². The number of benzene rings is 1. The molecule has 0 saturated heterocycles. The van der Waals surface area contributed by atoms with Gasteiger partial charge in [-0.2, -0.15) is 4.31 Å². The lowest BCUT2D eigenvalue weighted by molar-refractivity contribution is 0.0696. The Balaban J connectivity index is 3.37. The molecule has 0 fully saturated rings. The monoisotopic (exact) mass is 335 g/mol. The molecular weight excluding hydrogens is 322 g/mol. The summed E-state index contributed by atoms with van der Waals surface area (Å²) in [7, 11) is -3.64. The molecule has 1 aromatic carbocycles. The summed E-state index contributed by atoms with van der Waals surface area (Å²) in [6.07, 6.45) is 0. The van der Waals surface area contributed by atoms with Gasteiger partial charge in [-0.25, -0.2) is 13.2 Å². The van der Waals surface area contributed by atoms with Gasteiger partial charge < -0.3 is 5.11 Å². The number of hydrogen-bond acceptors (Lipinski definition) is 3. The molecule has 0 aliphatic heterocycles. The second-order valence-electron chi connectivity index (χ2n) is 3.57. The van der Waals surface area contributed by atoms with E-state index >= 15 is 0 Å². The van der Waals surface area contributed by atoms with Crippen LogP contribution in [0.1, 0.15) is 24.2 Å². The van der Waals surface area contributed by atoms with E-state index in [-0.39, 0.29) is 10.5 Å². The van der Waals surface area contributed by atoms with Crippen LogP contribution in [0.25, 0.3) is 0 Å². The first-order valence-corrected chi connectivity index (χ1v) is 7.60. The maximum absolute atomic E-state index is 12.2. The highest BCUT2D eigenvalue weighted by molar-refractivity contribution is 9.10. The number of nitrogens with zero attached hydrogens (tertiary/aromatic N) is 1. The number of sulfonamides is 1. The summed E-state index contributed by atoms with van der Waals surface area (Å²) in [6, 6.07) is 3.93. The molecule has 0 aliphatic rings. The van der Waals surface area contributed by atoms with E-state index in [1.165, 1.54) is 22.5 Å². The van der Waals surface area contributed by atoms with Crippen molar-refractivity contribution in [2.24, 2.45) is 0 Å². The summed E-state index contributed by atoms with van der Waals surface area (Å²) in [5, 5.41) is 8.92. The van der Waals surface area contributed by atoms with E-state index in [0.29, 0.717) is 17.6 Å². The van der Waals surface area contributed by atoms with Gasteiger partial charge in [0.05, 0.1) is 10.5 Å². The lowest BCUT2D eigenvalue weighted by Crippen LogP contribution is -2.30. The zero-order valence-electron chi connectivity index (χ0n) is 10.1. The van der Waals surface area contributed by atoms with Crippen LogP contribution in [0, 0.1) is 0 Å². The summed E-state index contributed by atoms with van der Waals surface area (Å²) in [5.41, 5.74) is -0.0601. The van der Waals surface area contributed by atoms with Gasteiger partial charge in [0.2, 0.25) is 10.0 Å². The van der Waals surface area contributed by atoms with Crippen LogP contribution in [-0.4, -0.2) is 36.9 Å². The Morgan fingerprint density at radius 2 is 1.83 bits per heavy atom. The van der Waals surface area contributed by atoms with Crippen LogP contribution >= 0.6 is 15.9 Å². The number of aromatic carboxylic acids is 1. The number of carboxylic acid groups (broad SMARTS) is 1. The summed E-state index contributed by atoms with van der Waals surface area (Å²) >= 11 is 3.12. The van der Waals surface area contributed by atoms with Crippen molar-refractivity contribution in [2.75, 3.05) is 13.1 Å². The third-order valence-electron chi connectivity index (χ3n) is 2.46. The van der Waals surface area contributed by atoms with E-state index in [1.807, 2.05) is 0 Å². The average Bonchev–Trinajstić information content (AvgIpc) is 2.29. The van der Waals surface area contributed by atoms with Crippen molar-refractivity contribution in [2.45, 2.75) is 18.7 Å². The maximum atomic E-state index is 12.2. The van der Waals surface area contributed by atoms with Gasteiger partial charge in [-0.15, -0.1) is 0 Å². The minimum absolute atomic E-state index is 0.0158. The van der Waals surface area contributed by atoms with E-state index in [0.717, 1.165) is 0 Å². The zero-order chi connectivity index (χ0) is 13.9. The molecule has 18 heavy (non-hydrogen) atoms. The SMILES string of the molecule is CCN(CC)S(=O)(=O)c1cc(Br)cc(C(=O)O)c1. The summed E-state index contributed by atoms with van der Waals surface area (Å²) in [4.78, 5) is 10.9. The van der Waals surface area contributed by atoms with Gasteiger partial charge in [0.1, 0.15) is 0 Å². The fourth-order valence-corrected chi connectivity index (χ4v) is 3.72. The van der Waals surface area contributed by atoms with Gasteiger partial charge in [0.25, 0.3) is 0 Å². The number of carboxylic acids is 1. The van der Waals surface area contributed by atoms with Crippen molar-refractivity contribution >= 4 is 31.9 Å². The molecule has 0 spiro atoms. The van der Waals surface area contributed by atoms with Crippen LogP contribution < -0.4 is 0 Å². The number of hydrogen-bond donors (Lipinski definition) is 1. The van der Waals surface area contributed by atoms with Crippen LogP contribution in [0.3, 0.4) is 0 Å². The maximum Gasteiger partial charge on any atom is 0.335 e. The standard InChI is InChI=1S/C11H14BrNO4S/c1-3-13(4-2)18(16,17)10-6-8(11(14)15)5-9(12)7-10/h5-7H,3-4H2,1-2H3,(H,14,15). The predicted molar refractivity (Wildman–Crippen MR) is 71.2 cm³/mol. The third kappa shape index (κ3) is 3.09. The molecule has 7 heteroatoms. The average molecular weight is 336 g/mol. The molecule has 0 unspecified atom stereocenters. The van der Waals surface area contributed by atoms with E-state index in [9.17, 15) is 13.2 Å². The first-order valence-electron chi connectivity index (χ1n) is 5.37. The Kier molecular flexibility index (Phi) is 4.89. The Hall–Kier alpha value is -0.920. The molecule has 0 bridgehead atoms. The van der Waals surface area contributed by atoms with E-state index in [4.69, 9.17) is 5.11 Å². The Morgan fingerprint density at radius 1 is 1.28 bits per heavy atom. The first-order chi connectivity index (χ1) is 8.32. The van der Waals surface area contributed by atoms with Crippen molar-refractivity contribution in [1.82, 2.24) is 4.31 Å². The Bertz CT molecular complexity index is 552. The van der Waals surface area contributed by atoms with Crippen LogP contribution in [0.5, 0.6) is 0 Å². The van der Waals surface area contributed by atoms with Gasteiger partial charge >= 0.3 is 5.97 Å². The zero-order valence-corrected chi connectivity index (χ0v) is 12.5. The van der Waals surface area contributed by atoms with Gasteiger partial charge in [-0.05, 0) is 18.2 Å². The fourth-order valence-electron chi connectivity index (χ4n) is 1.55. The second-order valence-corrected chi connectivity index (χ2v) is 6.42. The molecule has 0 saturated carbocycles. The molecule has 0 heterocycles. The largest absolute Gasteiger partial charge is 0.478 e. The molecule has 1 aromatic rings. The van der Waals surface area contributed by atoms with E-state index < -0.39 is 16.0 Å². The summed E-state index contributed by atoms with van der Waals surface area (Å²) < 4.78 is 26.2. The molecular formula is C11H14BrNO4S. The number of rotatable bonds is 5. The molecule has 0 radical (unpaired) electrons. The van der Waals surface area contributed by atoms with Crippen molar-refractivity contribution in [3.63, 3.8) is 0 Å². The highest BCUT2D eigenvalue weighted by Crippen LogP contribution is 2.22. The normalized spacial score (nSPS) is 11.8. The quantitative estimate of drug-likeness (QED) is 0.894. The molecule has 0 aliphatic carbocycles. The predicted octanol–water partition coefficient (Wildman–Crippen LogP) is 2.18. The first kappa shape index (κ1) is 15.1. The van der Waals surface area contributed by atoms with Gasteiger partial charge in [0, 0.05) is 17.6 Å². The number of halogens is 1. The summed E-state index contributed by atoms with van der Waals surface area (Å²) in [5.74, 6) is -1.16. The molecule has 0 aromatic heterocycles. The third-order valence-corrected chi connectivity index (χ3v) is 4.95. The van der Waals surface area contributed by atoms with Crippen molar-refractivity contribution in [1.29, 1.82) is 0 Å². The Morgan fingerprint density at radius 3 is 2.28 bits per heavy atom. The molecule has 0 amide bonds. The Labute approximate surface area is 115 Å². The van der Waals surface area contributed by atoms with Crippen LogP contribution in [0.2, 0.25) is 0 Å². The van der Waals surface area contributed by atoms with Crippen molar-refractivity contribution < 1.29 is 18.3 Å². The van der Waals surface area contributed by atoms with Gasteiger partial charge in [0.15, 0.2) is 0 Å². The molecule has 0 atom stereocenters. The van der Waals surface area contributed by atoms with Crippen LogP contribution in [0.15, 0.2) is 27.6 Å². The van der Waals surface area contributed by atoms with Gasteiger partial charge in [-0.1, -0.05) is 29.8 Å². The smallest absolute Gasteiger partial charge is 0.335 e. The van der Waals surface area contributed by atoms with E-state index in [2.05, 4.69) is 15.9 Å². The van der Waals surface area contributed by atoms with Crippen molar-refractivity contribution in [3.8, 4) is 0 Å². The lowest BCUT2D eigenvalue weighted by atomic mass is 10.2. The van der Waals surface area contributed by atoms with E-state index in [1.54, 1.807) is 13.8 Å². The molecule has 5 nitrogen and oxygen atoms in total. The topological polar surface area (TPSA) is 74.7 Å². The second kappa shape index (κ2) is 5.81. The van der Waals surface area contributed by atoms with Crippen molar-refractivity contribution in [3.05, 3.63) is 28.2 Å².